The predicted molar refractivity (Wildman–Crippen MR) is 89.1 cm³/mol. The second-order valence-electron chi connectivity index (χ2n) is 5.83. The molecular weight excluding hydrogens is 336 g/mol. The number of sulfonamides is 2. The Labute approximate surface area is 138 Å². The van der Waals surface area contributed by atoms with E-state index in [-0.39, 0.29) is 15.8 Å². The van der Waals surface area contributed by atoms with Gasteiger partial charge in [-0.3, -0.25) is 0 Å². The van der Waals surface area contributed by atoms with Crippen LogP contribution in [0, 0.1) is 0 Å². The summed E-state index contributed by atoms with van der Waals surface area (Å²) >= 11 is 0. The van der Waals surface area contributed by atoms with Gasteiger partial charge in [-0.2, -0.15) is 0 Å². The molecule has 1 aliphatic rings. The van der Waals surface area contributed by atoms with E-state index < -0.39 is 20.0 Å². The van der Waals surface area contributed by atoms with Gasteiger partial charge in [-0.05, 0) is 43.5 Å². The molecule has 0 saturated heterocycles. The fraction of sp³-hybridized carbons (Fsp3) is 0.600. The first-order valence-corrected chi connectivity index (χ1v) is 10.9. The van der Waals surface area contributed by atoms with Crippen molar-refractivity contribution in [1.29, 1.82) is 0 Å². The molecule has 0 aliphatic heterocycles. The number of hydrogen-bond donors (Lipinski definition) is 2. The van der Waals surface area contributed by atoms with Crippen LogP contribution < -0.4 is 9.44 Å². The first-order chi connectivity index (χ1) is 10.8. The Morgan fingerprint density at radius 3 is 2.00 bits per heavy atom. The highest BCUT2D eigenvalue weighted by molar-refractivity contribution is 7.90. The Balaban J connectivity index is 1.97. The van der Waals surface area contributed by atoms with Crippen molar-refractivity contribution in [1.82, 2.24) is 9.44 Å². The summed E-state index contributed by atoms with van der Waals surface area (Å²) in [6.07, 6.45) is 5.68. The highest BCUT2D eigenvalue weighted by Gasteiger charge is 2.28. The van der Waals surface area contributed by atoms with Gasteiger partial charge in [-0.1, -0.05) is 26.2 Å². The molecule has 0 aromatic heterocycles. The Kier molecular flexibility index (Phi) is 6.19. The molecule has 2 rings (SSSR count). The van der Waals surface area contributed by atoms with Crippen molar-refractivity contribution in [2.24, 2.45) is 0 Å². The Bertz CT molecular complexity index is 708. The third-order valence-electron chi connectivity index (χ3n) is 3.67. The third kappa shape index (κ3) is 5.56. The van der Waals surface area contributed by atoms with E-state index >= 15 is 0 Å². The van der Waals surface area contributed by atoms with Crippen LogP contribution in [0.1, 0.15) is 45.4 Å². The first kappa shape index (κ1) is 18.4. The number of rotatable bonds is 10. The van der Waals surface area contributed by atoms with Crippen LogP contribution in [0.15, 0.2) is 34.1 Å². The minimum absolute atomic E-state index is 0.0215. The molecule has 1 saturated carbocycles. The third-order valence-corrected chi connectivity index (χ3v) is 6.68. The lowest BCUT2D eigenvalue weighted by Crippen LogP contribution is -2.26. The maximum Gasteiger partial charge on any atom is 0.240 e. The predicted octanol–water partition coefficient (Wildman–Crippen LogP) is 1.99. The molecule has 1 aromatic carbocycles. The monoisotopic (exact) mass is 360 g/mol. The van der Waals surface area contributed by atoms with Crippen LogP contribution in [0.3, 0.4) is 0 Å². The van der Waals surface area contributed by atoms with Crippen LogP contribution in [0.5, 0.6) is 0 Å². The highest BCUT2D eigenvalue weighted by atomic mass is 32.2. The van der Waals surface area contributed by atoms with Crippen molar-refractivity contribution in [2.75, 3.05) is 6.54 Å². The van der Waals surface area contributed by atoms with E-state index in [0.717, 1.165) is 38.5 Å². The van der Waals surface area contributed by atoms with Crippen LogP contribution in [-0.2, 0) is 20.0 Å². The highest BCUT2D eigenvalue weighted by Crippen LogP contribution is 2.22. The lowest BCUT2D eigenvalue weighted by Gasteiger charge is -2.08. The number of hydrogen-bond acceptors (Lipinski definition) is 4. The zero-order chi connectivity index (χ0) is 16.9. The smallest absolute Gasteiger partial charge is 0.211 e. The van der Waals surface area contributed by atoms with Gasteiger partial charge in [0.25, 0.3) is 0 Å². The molecule has 1 aromatic rings. The summed E-state index contributed by atoms with van der Waals surface area (Å²) in [5.41, 5.74) is 0. The number of benzene rings is 1. The number of nitrogens with one attached hydrogen (secondary N) is 2. The fourth-order valence-electron chi connectivity index (χ4n) is 2.13. The van der Waals surface area contributed by atoms with Gasteiger partial charge >= 0.3 is 0 Å². The molecule has 2 N–H and O–H groups in total. The molecule has 8 heteroatoms. The molecular formula is C15H24N2O4S2. The summed E-state index contributed by atoms with van der Waals surface area (Å²) in [6.45, 7) is 2.49. The Morgan fingerprint density at radius 2 is 1.48 bits per heavy atom. The first-order valence-electron chi connectivity index (χ1n) is 7.97. The summed E-state index contributed by atoms with van der Waals surface area (Å²) in [4.78, 5) is 0.171. The average molecular weight is 361 g/mol. The zero-order valence-corrected chi connectivity index (χ0v) is 14.9. The largest absolute Gasteiger partial charge is 0.240 e. The van der Waals surface area contributed by atoms with Crippen molar-refractivity contribution in [3.8, 4) is 0 Å². The van der Waals surface area contributed by atoms with Gasteiger partial charge in [0.05, 0.1) is 9.79 Å². The minimum atomic E-state index is -3.59. The maximum absolute atomic E-state index is 12.1. The lowest BCUT2D eigenvalue weighted by atomic mass is 10.2. The molecule has 0 heterocycles. The normalized spacial score (nSPS) is 15.7. The zero-order valence-electron chi connectivity index (χ0n) is 13.3. The van der Waals surface area contributed by atoms with Gasteiger partial charge in [0.2, 0.25) is 20.0 Å². The Morgan fingerprint density at radius 1 is 0.913 bits per heavy atom. The summed E-state index contributed by atoms with van der Waals surface area (Å²) in [6, 6.07) is 5.34. The molecule has 130 valence electrons. The topological polar surface area (TPSA) is 92.3 Å². The molecule has 0 spiro atoms. The number of unbranched alkanes of at least 4 members (excludes halogenated alkanes) is 3. The van der Waals surface area contributed by atoms with Gasteiger partial charge in [0, 0.05) is 12.6 Å². The van der Waals surface area contributed by atoms with E-state index in [9.17, 15) is 16.8 Å². The summed E-state index contributed by atoms with van der Waals surface area (Å²) < 4.78 is 53.5. The molecule has 0 radical (unpaired) electrons. The van der Waals surface area contributed by atoms with Gasteiger partial charge in [-0.15, -0.1) is 0 Å². The molecule has 23 heavy (non-hydrogen) atoms. The van der Waals surface area contributed by atoms with Crippen LogP contribution >= 0.6 is 0 Å². The quantitative estimate of drug-likeness (QED) is 0.624. The maximum atomic E-state index is 12.1. The van der Waals surface area contributed by atoms with E-state index in [4.69, 9.17) is 0 Å². The second-order valence-corrected chi connectivity index (χ2v) is 9.31. The van der Waals surface area contributed by atoms with Crippen molar-refractivity contribution in [3.63, 3.8) is 0 Å². The molecule has 1 fully saturated rings. The molecule has 0 atom stereocenters. The van der Waals surface area contributed by atoms with Crippen molar-refractivity contribution >= 4 is 20.0 Å². The SMILES string of the molecule is CCCCCCNS(=O)(=O)c1ccc(S(=O)(=O)NC2CC2)cc1. The van der Waals surface area contributed by atoms with E-state index in [1.165, 1.54) is 24.3 Å². The lowest BCUT2D eigenvalue weighted by molar-refractivity contribution is 0.572. The van der Waals surface area contributed by atoms with Gasteiger partial charge < -0.3 is 0 Å². The standard InChI is InChI=1S/C15H24N2O4S2/c1-2-3-4-5-12-16-22(18,19)14-8-10-15(11-9-14)23(20,21)17-13-6-7-13/h8-11,13,16-17H,2-7,12H2,1H3. The average Bonchev–Trinajstić information content (AvgIpc) is 3.30. The fourth-order valence-corrected chi connectivity index (χ4v) is 4.51. The van der Waals surface area contributed by atoms with Crippen molar-refractivity contribution < 1.29 is 16.8 Å². The minimum Gasteiger partial charge on any atom is -0.211 e. The summed E-state index contributed by atoms with van der Waals surface area (Å²) in [5.74, 6) is 0. The van der Waals surface area contributed by atoms with Gasteiger partial charge in [0.15, 0.2) is 0 Å². The van der Waals surface area contributed by atoms with E-state index in [2.05, 4.69) is 16.4 Å². The summed E-state index contributed by atoms with van der Waals surface area (Å²) in [5, 5.41) is 0. The van der Waals surface area contributed by atoms with Crippen molar-refractivity contribution in [2.45, 2.75) is 61.3 Å². The van der Waals surface area contributed by atoms with Gasteiger partial charge in [0.1, 0.15) is 0 Å². The second kappa shape index (κ2) is 7.74. The van der Waals surface area contributed by atoms with Crippen LogP contribution in [0.4, 0.5) is 0 Å². The molecule has 1 aliphatic carbocycles. The molecule has 0 unspecified atom stereocenters. The Hall–Kier alpha value is -0.960. The van der Waals surface area contributed by atoms with Crippen molar-refractivity contribution in [3.05, 3.63) is 24.3 Å². The van der Waals surface area contributed by atoms with Crippen LogP contribution in [0.2, 0.25) is 0 Å². The van der Waals surface area contributed by atoms with Gasteiger partial charge in [-0.25, -0.2) is 26.3 Å². The van der Waals surface area contributed by atoms with E-state index in [0.29, 0.717) is 6.54 Å². The van der Waals surface area contributed by atoms with Crippen LogP contribution in [0.25, 0.3) is 0 Å². The van der Waals surface area contributed by atoms with E-state index in [1.807, 2.05) is 0 Å². The molecule has 6 nitrogen and oxygen atoms in total. The molecule has 0 bridgehead atoms. The summed E-state index contributed by atoms with van der Waals surface area (Å²) in [7, 11) is -7.14. The molecule has 0 amide bonds. The van der Waals surface area contributed by atoms with Crippen LogP contribution in [-0.4, -0.2) is 29.4 Å². The van der Waals surface area contributed by atoms with E-state index in [1.54, 1.807) is 0 Å².